The molecule has 0 aromatic heterocycles. The largest absolute Gasteiger partial charge is 0.480 e. The van der Waals surface area contributed by atoms with Crippen molar-refractivity contribution in [2.75, 3.05) is 0 Å². The van der Waals surface area contributed by atoms with Gasteiger partial charge in [-0.05, 0) is 26.8 Å². The molecule has 0 saturated carbocycles. The molecule has 2 N–H and O–H groups in total. The van der Waals surface area contributed by atoms with E-state index in [0.29, 0.717) is 11.1 Å². The molecular weight excluding hydrogens is 358 g/mol. The zero-order valence-electron chi connectivity index (χ0n) is 16.1. The maximum atomic E-state index is 13.0. The summed E-state index contributed by atoms with van der Waals surface area (Å²) in [4.78, 5) is 36.4. The van der Waals surface area contributed by atoms with Gasteiger partial charge in [0.05, 0.1) is 5.56 Å². The topological polar surface area (TPSA) is 95.7 Å². The van der Waals surface area contributed by atoms with Crippen LogP contribution in [0.1, 0.15) is 48.4 Å². The highest BCUT2D eigenvalue weighted by molar-refractivity contribution is 6.11. The number of nitrogens with two attached hydrogens (primary N) is 1. The number of carbonyl (C=O) groups is 3. The van der Waals surface area contributed by atoms with Crippen LogP contribution in [0.25, 0.3) is 0 Å². The van der Waals surface area contributed by atoms with E-state index in [9.17, 15) is 14.4 Å². The molecule has 0 aliphatic carbocycles. The quantitative estimate of drug-likeness (QED) is 0.430. The number of hydrogen-bond acceptors (Lipinski definition) is 5. The lowest BCUT2D eigenvalue weighted by Gasteiger charge is -2.22. The average Bonchev–Trinajstić information content (AvgIpc) is 2.67. The average molecular weight is 381 g/mol. The summed E-state index contributed by atoms with van der Waals surface area (Å²) in [5, 5.41) is 0. The number of ether oxygens (including phenoxy) is 2. The third kappa shape index (κ3) is 4.85. The summed E-state index contributed by atoms with van der Waals surface area (Å²) in [5.74, 6) is -1.38. The maximum Gasteiger partial charge on any atom is 0.333 e. The lowest BCUT2D eigenvalue weighted by Crippen LogP contribution is -2.31. The second kappa shape index (κ2) is 8.99. The van der Waals surface area contributed by atoms with Gasteiger partial charge in [-0.15, -0.1) is 0 Å². The van der Waals surface area contributed by atoms with Crippen molar-refractivity contribution >= 4 is 17.7 Å². The van der Waals surface area contributed by atoms with Crippen molar-refractivity contribution in [1.82, 2.24) is 0 Å². The third-order valence-electron chi connectivity index (χ3n) is 4.09. The van der Waals surface area contributed by atoms with Gasteiger partial charge in [-0.2, -0.15) is 0 Å². The minimum Gasteiger partial charge on any atom is -0.480 e. The number of primary amides is 1. The Balaban J connectivity index is 2.52. The number of ketones is 1. The summed E-state index contributed by atoms with van der Waals surface area (Å²) in [6.07, 6.45) is -1.71. The summed E-state index contributed by atoms with van der Waals surface area (Å²) in [7, 11) is 0. The molecule has 0 bridgehead atoms. The Morgan fingerprint density at radius 1 is 1.00 bits per heavy atom. The van der Waals surface area contributed by atoms with E-state index in [1.165, 1.54) is 13.8 Å². The first kappa shape index (κ1) is 20.9. The Morgan fingerprint density at radius 3 is 2.21 bits per heavy atom. The Hall–Kier alpha value is -3.41. The molecule has 2 rings (SSSR count). The summed E-state index contributed by atoms with van der Waals surface area (Å²) < 4.78 is 11.1. The van der Waals surface area contributed by atoms with Crippen LogP contribution in [0.2, 0.25) is 0 Å². The van der Waals surface area contributed by atoms with Crippen LogP contribution >= 0.6 is 0 Å². The van der Waals surface area contributed by atoms with Crippen molar-refractivity contribution < 1.29 is 23.9 Å². The Kier molecular flexibility index (Phi) is 6.71. The molecule has 0 radical (unpaired) electrons. The zero-order valence-corrected chi connectivity index (χ0v) is 16.1. The highest BCUT2D eigenvalue weighted by Gasteiger charge is 2.25. The molecule has 2 atom stereocenters. The number of rotatable bonds is 8. The van der Waals surface area contributed by atoms with Crippen LogP contribution in [0, 0.1) is 0 Å². The summed E-state index contributed by atoms with van der Waals surface area (Å²) >= 11 is 0. The monoisotopic (exact) mass is 381 g/mol. The van der Waals surface area contributed by atoms with Crippen LogP contribution < -0.4 is 10.5 Å². The van der Waals surface area contributed by atoms with Gasteiger partial charge < -0.3 is 15.2 Å². The minimum absolute atomic E-state index is 0.157. The van der Waals surface area contributed by atoms with Gasteiger partial charge in [0.2, 0.25) is 0 Å². The number of amides is 1. The van der Waals surface area contributed by atoms with Crippen LogP contribution in [0.3, 0.4) is 0 Å². The van der Waals surface area contributed by atoms with E-state index in [-0.39, 0.29) is 22.7 Å². The molecular formula is C22H23NO5. The molecule has 0 saturated heterocycles. The molecule has 0 fully saturated rings. The summed E-state index contributed by atoms with van der Waals surface area (Å²) in [6, 6.07) is 13.6. The van der Waals surface area contributed by atoms with E-state index in [1.54, 1.807) is 55.5 Å². The SMILES string of the molecule is C=C(C)C(=O)OC(C)c1cccc(C(=O)c2ccccc2)c1OC(C)C(N)=O. The number of carbonyl (C=O) groups excluding carboxylic acids is 3. The Morgan fingerprint density at radius 2 is 1.64 bits per heavy atom. The Labute approximate surface area is 163 Å². The van der Waals surface area contributed by atoms with Gasteiger partial charge in [-0.25, -0.2) is 4.79 Å². The van der Waals surface area contributed by atoms with Gasteiger partial charge in [0, 0.05) is 16.7 Å². The molecule has 2 aromatic carbocycles. The normalized spacial score (nSPS) is 12.5. The van der Waals surface area contributed by atoms with Crippen LogP contribution in [-0.2, 0) is 14.3 Å². The van der Waals surface area contributed by atoms with E-state index in [0.717, 1.165) is 0 Å². The van der Waals surface area contributed by atoms with Crippen molar-refractivity contribution in [3.63, 3.8) is 0 Å². The molecule has 0 heterocycles. The highest BCUT2D eigenvalue weighted by atomic mass is 16.5. The highest BCUT2D eigenvalue weighted by Crippen LogP contribution is 2.33. The minimum atomic E-state index is -0.979. The van der Waals surface area contributed by atoms with E-state index in [2.05, 4.69) is 6.58 Å². The maximum absolute atomic E-state index is 13.0. The van der Waals surface area contributed by atoms with Gasteiger partial charge in [0.15, 0.2) is 11.9 Å². The molecule has 0 spiro atoms. The molecule has 1 amide bonds. The van der Waals surface area contributed by atoms with Gasteiger partial charge in [0.25, 0.3) is 5.91 Å². The predicted octanol–water partition coefficient (Wildman–Crippen LogP) is 3.35. The van der Waals surface area contributed by atoms with Crippen molar-refractivity contribution in [3.05, 3.63) is 77.4 Å². The lowest BCUT2D eigenvalue weighted by atomic mass is 9.98. The fourth-order valence-electron chi connectivity index (χ4n) is 2.49. The van der Waals surface area contributed by atoms with E-state index < -0.39 is 24.1 Å². The van der Waals surface area contributed by atoms with Crippen LogP contribution in [0.15, 0.2) is 60.7 Å². The summed E-state index contributed by atoms with van der Waals surface area (Å²) in [6.45, 7) is 8.23. The first-order chi connectivity index (χ1) is 13.2. The molecule has 28 heavy (non-hydrogen) atoms. The molecule has 6 nitrogen and oxygen atoms in total. The standard InChI is InChI=1S/C22H23NO5/c1-13(2)22(26)28-14(3)17-11-8-12-18(20(17)27-15(4)21(23)25)19(24)16-9-6-5-7-10-16/h5-12,14-15H,1H2,2-4H3,(H2,23,25). The first-order valence-corrected chi connectivity index (χ1v) is 8.77. The van der Waals surface area contributed by atoms with Crippen LogP contribution in [-0.4, -0.2) is 23.8 Å². The second-order valence-electron chi connectivity index (χ2n) is 6.41. The van der Waals surface area contributed by atoms with Gasteiger partial charge >= 0.3 is 5.97 Å². The molecule has 2 unspecified atom stereocenters. The fourth-order valence-corrected chi connectivity index (χ4v) is 2.49. The van der Waals surface area contributed by atoms with Gasteiger partial charge in [0.1, 0.15) is 11.9 Å². The number of benzene rings is 2. The van der Waals surface area contributed by atoms with E-state index >= 15 is 0 Å². The number of para-hydroxylation sites is 1. The smallest absolute Gasteiger partial charge is 0.333 e. The molecule has 6 heteroatoms. The molecule has 0 aliphatic rings. The van der Waals surface area contributed by atoms with E-state index in [4.69, 9.17) is 15.2 Å². The molecule has 0 aliphatic heterocycles. The third-order valence-corrected chi connectivity index (χ3v) is 4.09. The van der Waals surface area contributed by atoms with Crippen molar-refractivity contribution in [1.29, 1.82) is 0 Å². The first-order valence-electron chi connectivity index (χ1n) is 8.77. The zero-order chi connectivity index (χ0) is 20.8. The van der Waals surface area contributed by atoms with Gasteiger partial charge in [-0.1, -0.05) is 49.0 Å². The van der Waals surface area contributed by atoms with Crippen molar-refractivity contribution in [2.24, 2.45) is 5.73 Å². The Bertz CT molecular complexity index is 904. The number of hydrogen-bond donors (Lipinski definition) is 1. The molecule has 146 valence electrons. The van der Waals surface area contributed by atoms with Crippen LogP contribution in [0.5, 0.6) is 5.75 Å². The molecule has 2 aromatic rings. The predicted molar refractivity (Wildman–Crippen MR) is 105 cm³/mol. The summed E-state index contributed by atoms with van der Waals surface area (Å²) in [5.41, 5.74) is 6.72. The second-order valence-corrected chi connectivity index (χ2v) is 6.41. The van der Waals surface area contributed by atoms with Crippen molar-refractivity contribution in [2.45, 2.75) is 33.0 Å². The number of esters is 1. The van der Waals surface area contributed by atoms with Gasteiger partial charge in [-0.3, -0.25) is 9.59 Å². The van der Waals surface area contributed by atoms with Crippen molar-refractivity contribution in [3.8, 4) is 5.75 Å². The van der Waals surface area contributed by atoms with E-state index in [1.807, 2.05) is 0 Å². The van der Waals surface area contributed by atoms with Crippen LogP contribution in [0.4, 0.5) is 0 Å². The fraction of sp³-hybridized carbons (Fsp3) is 0.227. The lowest BCUT2D eigenvalue weighted by molar-refractivity contribution is -0.143.